The molecule has 0 fully saturated rings. The summed E-state index contributed by atoms with van der Waals surface area (Å²) in [6, 6.07) is 4.48. The third-order valence-corrected chi connectivity index (χ3v) is 3.95. The second kappa shape index (κ2) is 10.8. The molecule has 2 amide bonds. The number of ether oxygens (including phenoxy) is 2. The van der Waals surface area contributed by atoms with E-state index in [0.717, 1.165) is 5.56 Å². The predicted octanol–water partition coefficient (Wildman–Crippen LogP) is 2.92. The Kier molecular flexibility index (Phi) is 9.14. The molecule has 1 rings (SSSR count). The highest BCUT2D eigenvalue weighted by Crippen LogP contribution is 2.13. The van der Waals surface area contributed by atoms with Gasteiger partial charge in [-0.15, -0.1) is 0 Å². The minimum Gasteiger partial charge on any atom is -0.508 e. The standard InChI is InChI=1S/C22H34N2O6/c1-13(2)18(24-21(28)30-22(5,6)7)19(26)23-17(20(27)29-14(3)4)12-15-8-10-16(25)11-9-15/h8-11,13-14,17-18,25H,12H2,1-7H3,(H,23,26)(H,24,28). The summed E-state index contributed by atoms with van der Waals surface area (Å²) in [5.74, 6) is -1.23. The van der Waals surface area contributed by atoms with Crippen LogP contribution in [0.25, 0.3) is 0 Å². The van der Waals surface area contributed by atoms with E-state index in [1.54, 1.807) is 60.6 Å². The third kappa shape index (κ3) is 9.15. The normalized spacial score (nSPS) is 13.5. The van der Waals surface area contributed by atoms with Crippen LogP contribution in [0.2, 0.25) is 0 Å². The highest BCUT2D eigenvalue weighted by molar-refractivity contribution is 5.90. The van der Waals surface area contributed by atoms with Crippen molar-refractivity contribution in [3.05, 3.63) is 29.8 Å². The smallest absolute Gasteiger partial charge is 0.408 e. The molecule has 2 unspecified atom stereocenters. The fourth-order valence-corrected chi connectivity index (χ4v) is 2.61. The number of amides is 2. The van der Waals surface area contributed by atoms with Crippen molar-refractivity contribution < 1.29 is 29.0 Å². The molecule has 30 heavy (non-hydrogen) atoms. The summed E-state index contributed by atoms with van der Waals surface area (Å²) < 4.78 is 10.5. The average molecular weight is 423 g/mol. The topological polar surface area (TPSA) is 114 Å². The van der Waals surface area contributed by atoms with Crippen LogP contribution in [0.1, 0.15) is 54.0 Å². The van der Waals surface area contributed by atoms with Gasteiger partial charge in [0.25, 0.3) is 0 Å². The number of benzene rings is 1. The lowest BCUT2D eigenvalue weighted by atomic mass is 10.0. The van der Waals surface area contributed by atoms with E-state index in [9.17, 15) is 19.5 Å². The largest absolute Gasteiger partial charge is 0.508 e. The third-order valence-electron chi connectivity index (χ3n) is 3.95. The highest BCUT2D eigenvalue weighted by Gasteiger charge is 2.31. The Bertz CT molecular complexity index is 722. The first-order chi connectivity index (χ1) is 13.8. The minimum atomic E-state index is -0.953. The summed E-state index contributed by atoms with van der Waals surface area (Å²) in [7, 11) is 0. The first-order valence-corrected chi connectivity index (χ1v) is 10.1. The number of alkyl carbamates (subject to hydrolysis) is 1. The molecule has 8 heteroatoms. The van der Waals surface area contributed by atoms with Crippen molar-refractivity contribution in [2.45, 2.75) is 78.7 Å². The summed E-state index contributed by atoms with van der Waals surface area (Å²) >= 11 is 0. The summed E-state index contributed by atoms with van der Waals surface area (Å²) in [4.78, 5) is 37.6. The van der Waals surface area contributed by atoms with Gasteiger partial charge in [-0.05, 0) is 58.2 Å². The number of aromatic hydroxyl groups is 1. The molecule has 3 N–H and O–H groups in total. The summed E-state index contributed by atoms with van der Waals surface area (Å²) in [6.07, 6.45) is -0.886. The van der Waals surface area contributed by atoms with Crippen LogP contribution in [0.3, 0.4) is 0 Å². The molecule has 0 aromatic heterocycles. The number of esters is 1. The van der Waals surface area contributed by atoms with E-state index in [1.807, 2.05) is 0 Å². The van der Waals surface area contributed by atoms with Crippen molar-refractivity contribution in [3.8, 4) is 5.75 Å². The quantitative estimate of drug-likeness (QED) is 0.555. The number of carbonyl (C=O) groups excluding carboxylic acids is 3. The Morgan fingerprint density at radius 3 is 2.03 bits per heavy atom. The van der Waals surface area contributed by atoms with E-state index < -0.39 is 35.7 Å². The van der Waals surface area contributed by atoms with Gasteiger partial charge in [-0.3, -0.25) is 4.79 Å². The number of rotatable bonds is 8. The fraction of sp³-hybridized carbons (Fsp3) is 0.591. The predicted molar refractivity (Wildman–Crippen MR) is 113 cm³/mol. The number of hydrogen-bond donors (Lipinski definition) is 3. The van der Waals surface area contributed by atoms with Crippen LogP contribution in [0, 0.1) is 5.92 Å². The zero-order valence-electron chi connectivity index (χ0n) is 18.8. The van der Waals surface area contributed by atoms with E-state index in [2.05, 4.69) is 10.6 Å². The van der Waals surface area contributed by atoms with Crippen LogP contribution in [0.4, 0.5) is 4.79 Å². The molecule has 0 heterocycles. The molecule has 0 saturated heterocycles. The van der Waals surface area contributed by atoms with Crippen molar-refractivity contribution in [2.24, 2.45) is 5.92 Å². The highest BCUT2D eigenvalue weighted by atomic mass is 16.6. The molecule has 0 radical (unpaired) electrons. The van der Waals surface area contributed by atoms with E-state index in [-0.39, 0.29) is 24.2 Å². The number of phenols is 1. The van der Waals surface area contributed by atoms with E-state index in [0.29, 0.717) is 0 Å². The number of carbonyl (C=O) groups is 3. The molecule has 1 aromatic rings. The minimum absolute atomic E-state index is 0.102. The van der Waals surface area contributed by atoms with Crippen molar-refractivity contribution in [1.29, 1.82) is 0 Å². The summed E-state index contributed by atoms with van der Waals surface area (Å²) in [5, 5.41) is 14.7. The lowest BCUT2D eigenvalue weighted by molar-refractivity contribution is -0.151. The lowest BCUT2D eigenvalue weighted by Crippen LogP contribution is -2.55. The van der Waals surface area contributed by atoms with Gasteiger partial charge >= 0.3 is 12.1 Å². The number of phenolic OH excluding ortho intramolecular Hbond substituents is 1. The second-order valence-corrected chi connectivity index (χ2v) is 8.79. The van der Waals surface area contributed by atoms with Gasteiger partial charge < -0.3 is 25.2 Å². The van der Waals surface area contributed by atoms with E-state index in [1.165, 1.54) is 12.1 Å². The molecule has 0 aliphatic rings. The molecular weight excluding hydrogens is 388 g/mol. The molecule has 2 atom stereocenters. The van der Waals surface area contributed by atoms with Gasteiger partial charge in [0.15, 0.2) is 0 Å². The van der Waals surface area contributed by atoms with Crippen LogP contribution >= 0.6 is 0 Å². The Labute approximate surface area is 178 Å². The maximum atomic E-state index is 12.9. The fourth-order valence-electron chi connectivity index (χ4n) is 2.61. The van der Waals surface area contributed by atoms with Crippen molar-refractivity contribution in [3.63, 3.8) is 0 Å². The molecule has 168 valence electrons. The van der Waals surface area contributed by atoms with Gasteiger partial charge in [-0.1, -0.05) is 26.0 Å². The molecule has 1 aromatic carbocycles. The first kappa shape index (κ1) is 25.3. The Morgan fingerprint density at radius 1 is 1.00 bits per heavy atom. The van der Waals surface area contributed by atoms with Gasteiger partial charge in [0, 0.05) is 6.42 Å². The Morgan fingerprint density at radius 2 is 1.57 bits per heavy atom. The summed E-state index contributed by atoms with van der Waals surface area (Å²) in [5.41, 5.74) is 0.0323. The second-order valence-electron chi connectivity index (χ2n) is 8.79. The molecule has 0 aliphatic heterocycles. The van der Waals surface area contributed by atoms with Gasteiger partial charge in [0.2, 0.25) is 5.91 Å². The molecular formula is C22H34N2O6. The Balaban J connectivity index is 2.97. The van der Waals surface area contributed by atoms with Crippen LogP contribution in [0.15, 0.2) is 24.3 Å². The van der Waals surface area contributed by atoms with E-state index >= 15 is 0 Å². The van der Waals surface area contributed by atoms with Gasteiger partial charge in [-0.25, -0.2) is 9.59 Å². The van der Waals surface area contributed by atoms with Gasteiger partial charge in [-0.2, -0.15) is 0 Å². The molecule has 0 bridgehead atoms. The lowest BCUT2D eigenvalue weighted by Gasteiger charge is -2.27. The van der Waals surface area contributed by atoms with Crippen LogP contribution in [-0.2, 0) is 25.5 Å². The van der Waals surface area contributed by atoms with Crippen LogP contribution in [0.5, 0.6) is 5.75 Å². The van der Waals surface area contributed by atoms with Gasteiger partial charge in [0.05, 0.1) is 6.10 Å². The first-order valence-electron chi connectivity index (χ1n) is 10.1. The maximum Gasteiger partial charge on any atom is 0.408 e. The summed E-state index contributed by atoms with van der Waals surface area (Å²) in [6.45, 7) is 12.2. The molecule has 0 saturated carbocycles. The maximum absolute atomic E-state index is 12.9. The average Bonchev–Trinajstić information content (AvgIpc) is 2.58. The zero-order chi connectivity index (χ0) is 23.1. The molecule has 8 nitrogen and oxygen atoms in total. The molecule has 0 spiro atoms. The van der Waals surface area contributed by atoms with E-state index in [4.69, 9.17) is 9.47 Å². The van der Waals surface area contributed by atoms with Crippen molar-refractivity contribution in [1.82, 2.24) is 10.6 Å². The number of nitrogens with one attached hydrogen (secondary N) is 2. The SMILES string of the molecule is CC(C)OC(=O)C(Cc1ccc(O)cc1)NC(=O)C(NC(=O)OC(C)(C)C)C(C)C. The van der Waals surface area contributed by atoms with Crippen molar-refractivity contribution in [2.75, 3.05) is 0 Å². The molecule has 0 aliphatic carbocycles. The number of hydrogen-bond acceptors (Lipinski definition) is 6. The Hall–Kier alpha value is -2.77. The van der Waals surface area contributed by atoms with Crippen molar-refractivity contribution >= 4 is 18.0 Å². The monoisotopic (exact) mass is 422 g/mol. The van der Waals surface area contributed by atoms with Gasteiger partial charge in [0.1, 0.15) is 23.4 Å². The zero-order valence-corrected chi connectivity index (χ0v) is 18.8. The van der Waals surface area contributed by atoms with Crippen LogP contribution < -0.4 is 10.6 Å². The van der Waals surface area contributed by atoms with Crippen LogP contribution in [-0.4, -0.2) is 46.9 Å².